The standard InChI is InChI=1S/C13H17N3O2S/c1-7-4-8(2)11(9(3)5-7)16-13(18)12(17)15-6-10(14)19/h4-5H,6H2,1-3H3,(H2,14,19)(H,15,17)(H,16,18). The zero-order chi connectivity index (χ0) is 14.6. The summed E-state index contributed by atoms with van der Waals surface area (Å²) in [5.74, 6) is -1.49. The molecule has 19 heavy (non-hydrogen) atoms. The lowest BCUT2D eigenvalue weighted by atomic mass is 10.1. The predicted octanol–water partition coefficient (Wildman–Crippen LogP) is 0.953. The molecule has 102 valence electrons. The van der Waals surface area contributed by atoms with Gasteiger partial charge >= 0.3 is 11.8 Å². The second-order valence-corrected chi connectivity index (χ2v) is 4.90. The van der Waals surface area contributed by atoms with E-state index in [-0.39, 0.29) is 11.5 Å². The molecular formula is C13H17N3O2S. The van der Waals surface area contributed by atoms with Gasteiger partial charge in [0.1, 0.15) is 0 Å². The van der Waals surface area contributed by atoms with Gasteiger partial charge in [-0.05, 0) is 31.9 Å². The smallest absolute Gasteiger partial charge is 0.313 e. The highest BCUT2D eigenvalue weighted by molar-refractivity contribution is 7.80. The Hall–Kier alpha value is -1.95. The minimum atomic E-state index is -0.757. The van der Waals surface area contributed by atoms with Crippen molar-refractivity contribution in [1.82, 2.24) is 5.32 Å². The summed E-state index contributed by atoms with van der Waals surface area (Å²) >= 11 is 4.62. The van der Waals surface area contributed by atoms with Crippen LogP contribution in [0.2, 0.25) is 0 Å². The summed E-state index contributed by atoms with van der Waals surface area (Å²) in [7, 11) is 0. The number of nitrogens with one attached hydrogen (secondary N) is 2. The second-order valence-electron chi connectivity index (χ2n) is 4.38. The van der Waals surface area contributed by atoms with Crippen molar-refractivity contribution in [3.05, 3.63) is 28.8 Å². The molecule has 0 heterocycles. The molecular weight excluding hydrogens is 262 g/mol. The van der Waals surface area contributed by atoms with Gasteiger partial charge in [-0.15, -0.1) is 0 Å². The maximum Gasteiger partial charge on any atom is 0.313 e. The number of nitrogens with two attached hydrogens (primary N) is 1. The number of hydrogen-bond acceptors (Lipinski definition) is 3. The van der Waals surface area contributed by atoms with Crippen molar-refractivity contribution in [2.45, 2.75) is 20.8 Å². The Bertz CT molecular complexity index is 518. The number of anilines is 1. The highest BCUT2D eigenvalue weighted by Gasteiger charge is 2.15. The monoisotopic (exact) mass is 279 g/mol. The quantitative estimate of drug-likeness (QED) is 0.568. The summed E-state index contributed by atoms with van der Waals surface area (Å²) in [5.41, 5.74) is 8.82. The number of benzene rings is 1. The van der Waals surface area contributed by atoms with Crippen LogP contribution in [-0.2, 0) is 9.59 Å². The molecule has 0 radical (unpaired) electrons. The van der Waals surface area contributed by atoms with Crippen molar-refractivity contribution < 1.29 is 9.59 Å². The average molecular weight is 279 g/mol. The van der Waals surface area contributed by atoms with Crippen LogP contribution in [0, 0.1) is 20.8 Å². The summed E-state index contributed by atoms with van der Waals surface area (Å²) in [6.07, 6.45) is 0. The summed E-state index contributed by atoms with van der Waals surface area (Å²) in [4.78, 5) is 23.3. The Balaban J connectivity index is 2.77. The van der Waals surface area contributed by atoms with Gasteiger partial charge in [-0.25, -0.2) is 0 Å². The fourth-order valence-electron chi connectivity index (χ4n) is 1.80. The first-order valence-electron chi connectivity index (χ1n) is 5.76. The molecule has 0 bridgehead atoms. The van der Waals surface area contributed by atoms with Crippen LogP contribution in [0.1, 0.15) is 16.7 Å². The van der Waals surface area contributed by atoms with Gasteiger partial charge in [0.25, 0.3) is 0 Å². The van der Waals surface area contributed by atoms with Crippen LogP contribution in [0.5, 0.6) is 0 Å². The van der Waals surface area contributed by atoms with E-state index >= 15 is 0 Å². The Morgan fingerprint density at radius 2 is 1.68 bits per heavy atom. The van der Waals surface area contributed by atoms with Crippen molar-refractivity contribution in [2.75, 3.05) is 11.9 Å². The summed E-state index contributed by atoms with van der Waals surface area (Å²) < 4.78 is 0. The lowest BCUT2D eigenvalue weighted by molar-refractivity contribution is -0.135. The first-order chi connectivity index (χ1) is 8.81. The molecule has 5 nitrogen and oxygen atoms in total. The molecule has 2 amide bonds. The molecule has 0 spiro atoms. The molecule has 1 rings (SSSR count). The maximum absolute atomic E-state index is 11.7. The number of thiocarbonyl (C=S) groups is 1. The highest BCUT2D eigenvalue weighted by atomic mass is 32.1. The Morgan fingerprint density at radius 1 is 1.16 bits per heavy atom. The van der Waals surface area contributed by atoms with Crippen molar-refractivity contribution in [3.63, 3.8) is 0 Å². The summed E-state index contributed by atoms with van der Waals surface area (Å²) in [6, 6.07) is 3.88. The SMILES string of the molecule is Cc1cc(C)c(NC(=O)C(=O)NCC(N)=S)c(C)c1. The molecule has 6 heteroatoms. The van der Waals surface area contributed by atoms with Crippen LogP contribution in [-0.4, -0.2) is 23.3 Å². The van der Waals surface area contributed by atoms with E-state index in [0.717, 1.165) is 16.7 Å². The van der Waals surface area contributed by atoms with Crippen LogP contribution in [0.15, 0.2) is 12.1 Å². The molecule has 0 saturated heterocycles. The van der Waals surface area contributed by atoms with E-state index in [1.165, 1.54) is 0 Å². The lowest BCUT2D eigenvalue weighted by Gasteiger charge is -2.12. The zero-order valence-corrected chi connectivity index (χ0v) is 12.0. The van der Waals surface area contributed by atoms with E-state index in [4.69, 9.17) is 5.73 Å². The Kier molecular flexibility index (Phi) is 5.00. The van der Waals surface area contributed by atoms with Crippen LogP contribution in [0.4, 0.5) is 5.69 Å². The molecule has 0 aliphatic carbocycles. The van der Waals surface area contributed by atoms with Crippen LogP contribution in [0.25, 0.3) is 0 Å². The zero-order valence-electron chi connectivity index (χ0n) is 11.2. The number of hydrogen-bond donors (Lipinski definition) is 3. The second kappa shape index (κ2) is 6.29. The van der Waals surface area contributed by atoms with E-state index in [2.05, 4.69) is 22.9 Å². The number of rotatable bonds is 3. The minimum absolute atomic E-state index is 0.00739. The minimum Gasteiger partial charge on any atom is -0.392 e. The van der Waals surface area contributed by atoms with E-state index in [1.54, 1.807) is 0 Å². The molecule has 1 aromatic rings. The van der Waals surface area contributed by atoms with Crippen LogP contribution < -0.4 is 16.4 Å². The fourth-order valence-corrected chi connectivity index (χ4v) is 1.87. The third-order valence-electron chi connectivity index (χ3n) is 2.54. The van der Waals surface area contributed by atoms with Gasteiger partial charge in [0.15, 0.2) is 0 Å². The number of carbonyl (C=O) groups is 2. The number of carbonyl (C=O) groups excluding carboxylic acids is 2. The van der Waals surface area contributed by atoms with Gasteiger partial charge in [0.2, 0.25) is 0 Å². The van der Waals surface area contributed by atoms with E-state index in [9.17, 15) is 9.59 Å². The summed E-state index contributed by atoms with van der Waals surface area (Å²) in [6.45, 7) is 5.74. The topological polar surface area (TPSA) is 84.2 Å². The molecule has 0 fully saturated rings. The molecule has 4 N–H and O–H groups in total. The van der Waals surface area contributed by atoms with E-state index in [0.29, 0.717) is 5.69 Å². The molecule has 0 aliphatic heterocycles. The maximum atomic E-state index is 11.7. The van der Waals surface area contributed by atoms with Crippen molar-refractivity contribution in [1.29, 1.82) is 0 Å². The van der Waals surface area contributed by atoms with Gasteiger partial charge in [-0.2, -0.15) is 0 Å². The fraction of sp³-hybridized carbons (Fsp3) is 0.308. The predicted molar refractivity (Wildman–Crippen MR) is 79.1 cm³/mol. The average Bonchev–Trinajstić information content (AvgIpc) is 2.30. The molecule has 0 aromatic heterocycles. The van der Waals surface area contributed by atoms with Gasteiger partial charge in [0.05, 0.1) is 11.5 Å². The largest absolute Gasteiger partial charge is 0.392 e. The van der Waals surface area contributed by atoms with E-state index < -0.39 is 11.8 Å². The van der Waals surface area contributed by atoms with Gasteiger partial charge in [0, 0.05) is 5.69 Å². The first kappa shape index (κ1) is 15.1. The Morgan fingerprint density at radius 3 is 2.16 bits per heavy atom. The highest BCUT2D eigenvalue weighted by Crippen LogP contribution is 2.21. The van der Waals surface area contributed by atoms with Crippen LogP contribution in [0.3, 0.4) is 0 Å². The van der Waals surface area contributed by atoms with Crippen molar-refractivity contribution >= 4 is 34.7 Å². The Labute approximate surface area is 117 Å². The van der Waals surface area contributed by atoms with Crippen molar-refractivity contribution in [3.8, 4) is 0 Å². The summed E-state index contributed by atoms with van der Waals surface area (Å²) in [5, 5.41) is 4.93. The molecule has 0 atom stereocenters. The van der Waals surface area contributed by atoms with E-state index in [1.807, 2.05) is 32.9 Å². The number of aryl methyl sites for hydroxylation is 3. The molecule has 0 saturated carbocycles. The normalized spacial score (nSPS) is 9.84. The third-order valence-corrected chi connectivity index (χ3v) is 2.69. The number of amides is 2. The van der Waals surface area contributed by atoms with Gasteiger partial charge in [-0.1, -0.05) is 29.9 Å². The third kappa shape index (κ3) is 4.33. The lowest BCUT2D eigenvalue weighted by Crippen LogP contribution is -2.39. The van der Waals surface area contributed by atoms with Gasteiger partial charge < -0.3 is 16.4 Å². The molecule has 0 unspecified atom stereocenters. The first-order valence-corrected chi connectivity index (χ1v) is 6.17. The van der Waals surface area contributed by atoms with Gasteiger partial charge in [-0.3, -0.25) is 9.59 Å². The molecule has 0 aliphatic rings. The van der Waals surface area contributed by atoms with Crippen LogP contribution >= 0.6 is 12.2 Å². The molecule has 1 aromatic carbocycles. The van der Waals surface area contributed by atoms with Crippen molar-refractivity contribution in [2.24, 2.45) is 5.73 Å².